The van der Waals surface area contributed by atoms with Crippen LogP contribution in [0, 0.1) is 30.6 Å². The zero-order valence-electron chi connectivity index (χ0n) is 13.2. The van der Waals surface area contributed by atoms with Gasteiger partial charge in [-0.2, -0.15) is 0 Å². The summed E-state index contributed by atoms with van der Waals surface area (Å²) >= 11 is 1.70. The summed E-state index contributed by atoms with van der Waals surface area (Å²) in [6.07, 6.45) is 8.57. The second-order valence-electron chi connectivity index (χ2n) is 4.29. The fourth-order valence-corrected chi connectivity index (χ4v) is 2.64. The van der Waals surface area contributed by atoms with Gasteiger partial charge < -0.3 is 30.6 Å². The minimum atomic E-state index is -1.75. The maximum Gasteiger partial charge on any atom is 2.00 e. The molecule has 1 fully saturated rings. The van der Waals surface area contributed by atoms with Gasteiger partial charge in [-0.15, -0.1) is 0 Å². The van der Waals surface area contributed by atoms with E-state index in [0.29, 0.717) is 5.91 Å². The average molecular weight is 364 g/mol. The van der Waals surface area contributed by atoms with Crippen LogP contribution < -0.4 is 0 Å². The third-order valence-corrected chi connectivity index (χ3v) is 3.64. The van der Waals surface area contributed by atoms with E-state index in [9.17, 15) is 4.79 Å². The fraction of sp³-hybridized carbons (Fsp3) is 0.909. The topological polar surface area (TPSA) is 153 Å². The molecule has 10 nitrogen and oxygen atoms in total. The molecule has 0 unspecified atom stereocenters. The third kappa shape index (κ3) is 26.2. The van der Waals surface area contributed by atoms with Gasteiger partial charge in [0.2, 0.25) is 5.91 Å². The molecule has 0 aromatic heterocycles. The van der Waals surface area contributed by atoms with Gasteiger partial charge in [-0.05, 0) is 18.4 Å². The Morgan fingerprint density at radius 3 is 1.83 bits per heavy atom. The van der Waals surface area contributed by atoms with Crippen LogP contribution in [0.1, 0.15) is 51.9 Å². The number of carbonyl (C=O) groups is 1. The Morgan fingerprint density at radius 2 is 1.43 bits per heavy atom. The summed E-state index contributed by atoms with van der Waals surface area (Å²) in [6, 6.07) is 0. The van der Waals surface area contributed by atoms with Crippen LogP contribution in [0.4, 0.5) is 0 Å². The second-order valence-corrected chi connectivity index (χ2v) is 5.40. The number of hydrogen-bond donors (Lipinski definition) is 0. The smallest absolute Gasteiger partial charge is 0.356 e. The van der Waals surface area contributed by atoms with Crippen molar-refractivity contribution in [3.8, 4) is 0 Å². The van der Waals surface area contributed by atoms with E-state index in [0.717, 1.165) is 18.7 Å². The van der Waals surface area contributed by atoms with Crippen LogP contribution in [0.3, 0.4) is 0 Å². The Bertz CT molecular complexity index is 317. The standard InChI is InChI=1S/C11H21NOS.Mg.2NO3/c1-2-3-4-5-6-7-9-12-11(13)8-10-14-12;;2*2-1(3)4/h2-10H2,1H3;;;/q;+2;2*-1. The molecule has 0 bridgehead atoms. The molecule has 0 spiro atoms. The maximum atomic E-state index is 11.2. The molecule has 1 amide bonds. The van der Waals surface area contributed by atoms with Gasteiger partial charge in [0.15, 0.2) is 0 Å². The van der Waals surface area contributed by atoms with E-state index in [1.165, 1.54) is 38.5 Å². The first-order valence-electron chi connectivity index (χ1n) is 6.87. The number of unbranched alkanes of at least 4 members (excludes halogenated alkanes) is 5. The maximum absolute atomic E-state index is 11.2. The molecule has 1 saturated heterocycles. The normalized spacial score (nSPS) is 12.2. The Labute approximate surface area is 155 Å². The number of hydrogen-bond acceptors (Lipinski definition) is 8. The minimum Gasteiger partial charge on any atom is -0.356 e. The molecule has 0 aliphatic carbocycles. The van der Waals surface area contributed by atoms with Crippen molar-refractivity contribution in [3.05, 3.63) is 30.6 Å². The summed E-state index contributed by atoms with van der Waals surface area (Å²) < 4.78 is 1.94. The molecule has 1 heterocycles. The largest absolute Gasteiger partial charge is 2.00 e. The number of rotatable bonds is 7. The summed E-state index contributed by atoms with van der Waals surface area (Å²) in [6.45, 7) is 3.20. The van der Waals surface area contributed by atoms with Crippen molar-refractivity contribution in [2.45, 2.75) is 51.9 Å². The monoisotopic (exact) mass is 363 g/mol. The number of carbonyl (C=O) groups excluding carboxylic acids is 1. The zero-order chi connectivity index (χ0) is 17.4. The molecular weight excluding hydrogens is 343 g/mol. The van der Waals surface area contributed by atoms with Crippen molar-refractivity contribution < 1.29 is 15.0 Å². The SMILES string of the molecule is CCCCCCCCN1SCCC1=O.O=[N+]([O-])[O-].O=[N+]([O-])[O-].[Mg+2]. The average Bonchev–Trinajstić information content (AvgIpc) is 2.78. The Kier molecular flexibility index (Phi) is 22.2. The fourth-order valence-electron chi connectivity index (χ4n) is 1.66. The van der Waals surface area contributed by atoms with Gasteiger partial charge in [0, 0.05) is 18.7 Å². The molecule has 12 heteroatoms. The van der Waals surface area contributed by atoms with E-state index in [1.54, 1.807) is 11.9 Å². The van der Waals surface area contributed by atoms with Crippen molar-refractivity contribution in [1.82, 2.24) is 4.31 Å². The van der Waals surface area contributed by atoms with Gasteiger partial charge in [-0.3, -0.25) is 9.10 Å². The predicted molar refractivity (Wildman–Crippen MR) is 88.6 cm³/mol. The van der Waals surface area contributed by atoms with E-state index >= 15 is 0 Å². The van der Waals surface area contributed by atoms with Crippen LogP contribution in [-0.4, -0.2) is 55.7 Å². The molecular formula is C11H21MgN3O7S. The second kappa shape index (κ2) is 19.0. The van der Waals surface area contributed by atoms with Crippen molar-refractivity contribution >= 4 is 40.9 Å². The quantitative estimate of drug-likeness (QED) is 0.219. The van der Waals surface area contributed by atoms with E-state index in [4.69, 9.17) is 30.6 Å². The van der Waals surface area contributed by atoms with Crippen LogP contribution in [0.25, 0.3) is 0 Å². The van der Waals surface area contributed by atoms with E-state index < -0.39 is 10.2 Å². The number of amides is 1. The molecule has 1 aliphatic heterocycles. The van der Waals surface area contributed by atoms with E-state index in [-0.39, 0.29) is 23.1 Å². The van der Waals surface area contributed by atoms with Crippen molar-refractivity contribution in [2.75, 3.05) is 12.3 Å². The Balaban J connectivity index is -0.000000374. The van der Waals surface area contributed by atoms with Crippen LogP contribution in [0.15, 0.2) is 0 Å². The van der Waals surface area contributed by atoms with Gasteiger partial charge >= 0.3 is 23.1 Å². The summed E-state index contributed by atoms with van der Waals surface area (Å²) in [5, 5.41) is 29.5. The first kappa shape index (κ1) is 26.9. The van der Waals surface area contributed by atoms with E-state index in [1.807, 2.05) is 4.31 Å². The van der Waals surface area contributed by atoms with Crippen molar-refractivity contribution in [2.24, 2.45) is 0 Å². The van der Waals surface area contributed by atoms with Crippen LogP contribution in [0.5, 0.6) is 0 Å². The molecule has 0 atom stereocenters. The van der Waals surface area contributed by atoms with Gasteiger partial charge in [0.1, 0.15) is 0 Å². The molecule has 23 heavy (non-hydrogen) atoms. The Hall–Kier alpha value is -1.01. The molecule has 1 rings (SSSR count). The van der Waals surface area contributed by atoms with Gasteiger partial charge in [0.25, 0.3) is 0 Å². The number of nitrogens with zero attached hydrogens (tertiary/aromatic N) is 3. The molecule has 0 aromatic rings. The summed E-state index contributed by atoms with van der Waals surface area (Å²) in [5.74, 6) is 1.33. The molecule has 0 N–H and O–H groups in total. The zero-order valence-corrected chi connectivity index (χ0v) is 15.4. The predicted octanol–water partition coefficient (Wildman–Crippen LogP) is 2.37. The Morgan fingerprint density at radius 1 is 1.00 bits per heavy atom. The molecule has 0 aromatic carbocycles. The summed E-state index contributed by atoms with van der Waals surface area (Å²) in [7, 11) is 0. The molecule has 0 saturated carbocycles. The van der Waals surface area contributed by atoms with Crippen LogP contribution in [0.2, 0.25) is 0 Å². The molecule has 1 aliphatic rings. The first-order chi connectivity index (χ1) is 10.3. The van der Waals surface area contributed by atoms with Gasteiger partial charge in [-0.1, -0.05) is 39.0 Å². The minimum absolute atomic E-state index is 0. The van der Waals surface area contributed by atoms with E-state index in [2.05, 4.69) is 6.92 Å². The molecule has 0 radical (unpaired) electrons. The summed E-state index contributed by atoms with van der Waals surface area (Å²) in [4.78, 5) is 27.7. The van der Waals surface area contributed by atoms with Gasteiger partial charge in [-0.25, -0.2) is 0 Å². The van der Waals surface area contributed by atoms with Crippen molar-refractivity contribution in [3.63, 3.8) is 0 Å². The first-order valence-corrected chi connectivity index (χ1v) is 7.81. The van der Waals surface area contributed by atoms with Gasteiger partial charge in [0.05, 0.1) is 10.2 Å². The van der Waals surface area contributed by atoms with Crippen molar-refractivity contribution in [1.29, 1.82) is 0 Å². The molecule has 130 valence electrons. The van der Waals surface area contributed by atoms with Crippen LogP contribution in [-0.2, 0) is 4.79 Å². The summed E-state index contributed by atoms with van der Waals surface area (Å²) in [5.41, 5.74) is 0. The van der Waals surface area contributed by atoms with Crippen LogP contribution >= 0.6 is 11.9 Å². The third-order valence-electron chi connectivity index (χ3n) is 2.56.